The van der Waals surface area contributed by atoms with Crippen LogP contribution in [0.25, 0.3) is 0 Å². The molecular formula is C27H31N3O2. The Kier molecular flexibility index (Phi) is 6.49. The fraction of sp³-hybridized carbons (Fsp3) is 0.296. The van der Waals surface area contributed by atoms with E-state index < -0.39 is 0 Å². The highest BCUT2D eigenvalue weighted by Gasteiger charge is 2.20. The van der Waals surface area contributed by atoms with E-state index in [0.717, 1.165) is 11.1 Å². The molecule has 2 aromatic carbocycles. The van der Waals surface area contributed by atoms with E-state index in [1.54, 1.807) is 24.6 Å². The zero-order valence-electron chi connectivity index (χ0n) is 19.6. The van der Waals surface area contributed by atoms with Crippen LogP contribution in [0, 0.1) is 0 Å². The molecule has 1 aromatic heterocycles. The molecule has 0 aliphatic carbocycles. The van der Waals surface area contributed by atoms with E-state index in [0.29, 0.717) is 22.8 Å². The van der Waals surface area contributed by atoms with Gasteiger partial charge in [-0.1, -0.05) is 71.9 Å². The molecule has 0 bridgehead atoms. The molecule has 0 amide bonds. The maximum absolute atomic E-state index is 10.6. The Balaban J connectivity index is 1.85. The first kappa shape index (κ1) is 23.2. The monoisotopic (exact) mass is 429 g/mol. The second-order valence-corrected chi connectivity index (χ2v) is 9.86. The summed E-state index contributed by atoms with van der Waals surface area (Å²) in [4.78, 5) is 13.3. The second-order valence-electron chi connectivity index (χ2n) is 9.86. The number of hydrogen-bond acceptors (Lipinski definition) is 5. The molecule has 0 aliphatic rings. The van der Waals surface area contributed by atoms with Gasteiger partial charge in [0.05, 0.1) is 0 Å². The number of aromatic nitrogens is 1. The Morgan fingerprint density at radius 2 is 1.00 bits per heavy atom. The number of aliphatic imine (C=N–C) groups is 2. The van der Waals surface area contributed by atoms with Crippen LogP contribution < -0.4 is 0 Å². The second kappa shape index (κ2) is 8.95. The van der Waals surface area contributed by atoms with Crippen molar-refractivity contribution in [2.24, 2.45) is 9.98 Å². The summed E-state index contributed by atoms with van der Waals surface area (Å²) in [5.41, 5.74) is 2.66. The number of benzene rings is 2. The number of rotatable bonds is 4. The Morgan fingerprint density at radius 1 is 0.625 bits per heavy atom. The third-order valence-corrected chi connectivity index (χ3v) is 5.14. The minimum Gasteiger partial charge on any atom is -0.507 e. The molecule has 3 rings (SSSR count). The van der Waals surface area contributed by atoms with Crippen molar-refractivity contribution in [2.75, 3.05) is 0 Å². The molecule has 5 heteroatoms. The van der Waals surface area contributed by atoms with Crippen LogP contribution in [-0.2, 0) is 10.8 Å². The van der Waals surface area contributed by atoms with Gasteiger partial charge in [-0.15, -0.1) is 0 Å². The summed E-state index contributed by atoms with van der Waals surface area (Å²) in [7, 11) is 0. The summed E-state index contributed by atoms with van der Waals surface area (Å²) in [6.45, 7) is 12.3. The lowest BCUT2D eigenvalue weighted by molar-refractivity contribution is 0.445. The Morgan fingerprint density at radius 3 is 1.38 bits per heavy atom. The Bertz CT molecular complexity index is 1080. The summed E-state index contributed by atoms with van der Waals surface area (Å²) in [5.74, 6) is 1.42. The zero-order valence-corrected chi connectivity index (χ0v) is 19.6. The van der Waals surface area contributed by atoms with Crippen molar-refractivity contribution in [1.82, 2.24) is 4.98 Å². The maximum atomic E-state index is 10.6. The van der Waals surface area contributed by atoms with E-state index in [1.807, 2.05) is 42.5 Å². The first-order valence-electron chi connectivity index (χ1n) is 10.7. The summed E-state index contributed by atoms with van der Waals surface area (Å²) in [6.07, 6.45) is 3.22. The van der Waals surface area contributed by atoms with Gasteiger partial charge in [0.15, 0.2) is 11.6 Å². The van der Waals surface area contributed by atoms with E-state index in [4.69, 9.17) is 0 Å². The molecule has 0 radical (unpaired) electrons. The topological polar surface area (TPSA) is 78.1 Å². The molecule has 0 fully saturated rings. The lowest BCUT2D eigenvalue weighted by atomic mass is 9.85. The molecule has 166 valence electrons. The molecule has 2 N–H and O–H groups in total. The molecule has 32 heavy (non-hydrogen) atoms. The first-order valence-corrected chi connectivity index (χ1v) is 10.7. The van der Waals surface area contributed by atoms with Gasteiger partial charge in [0, 0.05) is 23.6 Å². The van der Waals surface area contributed by atoms with Gasteiger partial charge in [-0.2, -0.15) is 0 Å². The van der Waals surface area contributed by atoms with Crippen molar-refractivity contribution < 1.29 is 10.2 Å². The van der Waals surface area contributed by atoms with Crippen LogP contribution >= 0.6 is 0 Å². The quantitative estimate of drug-likeness (QED) is 0.459. The summed E-state index contributed by atoms with van der Waals surface area (Å²) < 4.78 is 0. The van der Waals surface area contributed by atoms with E-state index in [-0.39, 0.29) is 22.3 Å². The third-order valence-electron chi connectivity index (χ3n) is 5.14. The first-order chi connectivity index (χ1) is 15.0. The molecule has 0 unspecified atom stereocenters. The lowest BCUT2D eigenvalue weighted by Gasteiger charge is -2.21. The van der Waals surface area contributed by atoms with Gasteiger partial charge >= 0.3 is 0 Å². The van der Waals surface area contributed by atoms with Crippen molar-refractivity contribution in [3.05, 3.63) is 76.9 Å². The number of aromatic hydroxyl groups is 2. The fourth-order valence-electron chi connectivity index (χ4n) is 3.37. The smallest absolute Gasteiger partial charge is 0.154 e. The highest BCUT2D eigenvalue weighted by molar-refractivity contribution is 5.87. The summed E-state index contributed by atoms with van der Waals surface area (Å²) >= 11 is 0. The molecular weight excluding hydrogens is 398 g/mol. The number of para-hydroxylation sites is 2. The molecule has 0 saturated carbocycles. The van der Waals surface area contributed by atoms with Gasteiger partial charge < -0.3 is 10.2 Å². The molecule has 0 atom stereocenters. The Labute approximate surface area is 190 Å². The van der Waals surface area contributed by atoms with Gasteiger partial charge in [-0.25, -0.2) is 15.0 Å². The van der Waals surface area contributed by atoms with Gasteiger partial charge in [0.2, 0.25) is 0 Å². The van der Waals surface area contributed by atoms with E-state index in [9.17, 15) is 10.2 Å². The minimum absolute atomic E-state index is 0.170. The van der Waals surface area contributed by atoms with Crippen LogP contribution in [0.2, 0.25) is 0 Å². The van der Waals surface area contributed by atoms with Crippen molar-refractivity contribution in [3.63, 3.8) is 0 Å². The van der Waals surface area contributed by atoms with Crippen molar-refractivity contribution in [1.29, 1.82) is 0 Å². The number of hydrogen-bond donors (Lipinski definition) is 2. The predicted molar refractivity (Wildman–Crippen MR) is 132 cm³/mol. The standard InChI is InChI=1S/C27H31N3O2/c1-26(2,3)20-12-7-10-18(24(20)31)16-28-22-14-9-15-23(30-22)29-17-19-11-8-13-21(25(19)32)27(4,5)6/h7-17,31-32H,1-6H3. The van der Waals surface area contributed by atoms with Gasteiger partial charge in [0.25, 0.3) is 0 Å². The summed E-state index contributed by atoms with van der Waals surface area (Å²) in [6, 6.07) is 16.7. The van der Waals surface area contributed by atoms with Gasteiger partial charge in [-0.3, -0.25) is 0 Å². The van der Waals surface area contributed by atoms with Crippen LogP contribution in [0.5, 0.6) is 11.5 Å². The van der Waals surface area contributed by atoms with Crippen molar-refractivity contribution in [3.8, 4) is 11.5 Å². The van der Waals surface area contributed by atoms with Gasteiger partial charge in [-0.05, 0) is 46.2 Å². The molecule has 5 nitrogen and oxygen atoms in total. The van der Waals surface area contributed by atoms with E-state index >= 15 is 0 Å². The number of phenols is 2. The van der Waals surface area contributed by atoms with Crippen molar-refractivity contribution >= 4 is 24.1 Å². The minimum atomic E-state index is -0.170. The van der Waals surface area contributed by atoms with Crippen LogP contribution in [0.15, 0.2) is 64.6 Å². The van der Waals surface area contributed by atoms with Crippen molar-refractivity contribution in [2.45, 2.75) is 52.4 Å². The maximum Gasteiger partial charge on any atom is 0.154 e. The highest BCUT2D eigenvalue weighted by atomic mass is 16.3. The Hall–Kier alpha value is -3.47. The highest BCUT2D eigenvalue weighted by Crippen LogP contribution is 2.33. The normalized spacial score (nSPS) is 12.7. The number of pyridine rings is 1. The molecule has 1 heterocycles. The lowest BCUT2D eigenvalue weighted by Crippen LogP contribution is -2.11. The number of phenolic OH excluding ortho intramolecular Hbond substituents is 2. The fourth-order valence-corrected chi connectivity index (χ4v) is 3.37. The van der Waals surface area contributed by atoms with Crippen LogP contribution in [-0.4, -0.2) is 27.6 Å². The van der Waals surface area contributed by atoms with Gasteiger partial charge in [0.1, 0.15) is 11.5 Å². The average molecular weight is 430 g/mol. The van der Waals surface area contributed by atoms with Crippen LogP contribution in [0.3, 0.4) is 0 Å². The molecule has 0 saturated heterocycles. The zero-order chi connectivity index (χ0) is 23.5. The summed E-state index contributed by atoms with van der Waals surface area (Å²) in [5, 5.41) is 21.2. The van der Waals surface area contributed by atoms with Crippen LogP contribution in [0.4, 0.5) is 11.6 Å². The molecule has 3 aromatic rings. The average Bonchev–Trinajstić information content (AvgIpc) is 2.71. The molecule has 0 spiro atoms. The molecule has 0 aliphatic heterocycles. The van der Waals surface area contributed by atoms with Crippen LogP contribution in [0.1, 0.15) is 63.8 Å². The third kappa shape index (κ3) is 5.41. The number of nitrogens with zero attached hydrogens (tertiary/aromatic N) is 3. The van der Waals surface area contributed by atoms with E-state index in [1.165, 1.54) is 0 Å². The van der Waals surface area contributed by atoms with E-state index in [2.05, 4.69) is 56.5 Å². The largest absolute Gasteiger partial charge is 0.507 e. The SMILES string of the molecule is CC(C)(C)c1cccc(C=Nc2cccc(N=Cc3cccc(C(C)(C)C)c3O)n2)c1O. The predicted octanol–water partition coefficient (Wildman–Crippen LogP) is 6.59.